The molecule has 1 aromatic carbocycles. The molecule has 0 atom stereocenters. The zero-order chi connectivity index (χ0) is 15.7. The fraction of sp³-hybridized carbons (Fsp3) is 0.467. The van der Waals surface area contributed by atoms with Crippen molar-refractivity contribution in [3.8, 4) is 0 Å². The van der Waals surface area contributed by atoms with E-state index in [1.54, 1.807) is 6.07 Å². The van der Waals surface area contributed by atoms with Crippen molar-refractivity contribution in [2.75, 3.05) is 20.1 Å². The van der Waals surface area contributed by atoms with Crippen LogP contribution >= 0.6 is 11.6 Å². The minimum atomic E-state index is -0.440. The van der Waals surface area contributed by atoms with Gasteiger partial charge in [-0.05, 0) is 31.2 Å². The number of likely N-dealkylation sites (N-methyl/N-ethyl adjacent to an activating group) is 1. The lowest BCUT2D eigenvalue weighted by Gasteiger charge is -2.16. The third-order valence-corrected chi connectivity index (χ3v) is 3.06. The first-order valence-electron chi connectivity index (χ1n) is 7.02. The Morgan fingerprint density at radius 1 is 1.33 bits per heavy atom. The van der Waals surface area contributed by atoms with E-state index in [1.807, 2.05) is 37.1 Å². The highest BCUT2D eigenvalue weighted by molar-refractivity contribution is 6.30. The summed E-state index contributed by atoms with van der Waals surface area (Å²) in [6, 6.07) is 7.03. The predicted molar refractivity (Wildman–Crippen MR) is 84.2 cm³/mol. The van der Waals surface area contributed by atoms with E-state index in [0.717, 1.165) is 18.4 Å². The van der Waals surface area contributed by atoms with Gasteiger partial charge < -0.3 is 5.32 Å². The van der Waals surface area contributed by atoms with Gasteiger partial charge in [0.05, 0.1) is 6.54 Å². The Morgan fingerprint density at radius 3 is 2.76 bits per heavy atom. The number of imide groups is 1. The van der Waals surface area contributed by atoms with Crippen LogP contribution in [-0.2, 0) is 11.3 Å². The van der Waals surface area contributed by atoms with Crippen LogP contribution in [0, 0.1) is 0 Å². The highest BCUT2D eigenvalue weighted by Gasteiger charge is 2.10. The van der Waals surface area contributed by atoms with Crippen LogP contribution in [0.1, 0.15) is 25.3 Å². The maximum atomic E-state index is 11.7. The van der Waals surface area contributed by atoms with Gasteiger partial charge in [0.2, 0.25) is 5.91 Å². The number of nitrogens with zero attached hydrogens (tertiary/aromatic N) is 1. The maximum Gasteiger partial charge on any atom is 0.321 e. The second kappa shape index (κ2) is 9.37. The molecule has 21 heavy (non-hydrogen) atoms. The van der Waals surface area contributed by atoms with Crippen LogP contribution in [-0.4, -0.2) is 37.0 Å². The molecule has 1 aromatic rings. The van der Waals surface area contributed by atoms with Gasteiger partial charge in [-0.25, -0.2) is 4.79 Å². The number of rotatable bonds is 7. The molecule has 0 aliphatic heterocycles. The Balaban J connectivity index is 2.32. The average Bonchev–Trinajstić information content (AvgIpc) is 2.38. The average molecular weight is 312 g/mol. The van der Waals surface area contributed by atoms with Crippen molar-refractivity contribution in [2.24, 2.45) is 0 Å². The van der Waals surface area contributed by atoms with Gasteiger partial charge in [0.15, 0.2) is 0 Å². The minimum absolute atomic E-state index is 0.147. The van der Waals surface area contributed by atoms with Crippen molar-refractivity contribution in [1.29, 1.82) is 0 Å². The zero-order valence-electron chi connectivity index (χ0n) is 12.5. The molecule has 116 valence electrons. The molecule has 0 saturated heterocycles. The molecular formula is C15H22ClN3O2. The van der Waals surface area contributed by atoms with Gasteiger partial charge in [0.1, 0.15) is 0 Å². The number of hydrogen-bond acceptors (Lipinski definition) is 3. The molecule has 0 bridgehead atoms. The van der Waals surface area contributed by atoms with Gasteiger partial charge in [-0.2, -0.15) is 0 Å². The first-order valence-corrected chi connectivity index (χ1v) is 7.39. The van der Waals surface area contributed by atoms with E-state index in [-0.39, 0.29) is 12.5 Å². The van der Waals surface area contributed by atoms with Gasteiger partial charge in [-0.1, -0.05) is 37.1 Å². The van der Waals surface area contributed by atoms with Crippen LogP contribution in [0.15, 0.2) is 24.3 Å². The first kappa shape index (κ1) is 17.5. The topological polar surface area (TPSA) is 61.4 Å². The summed E-state index contributed by atoms with van der Waals surface area (Å²) >= 11 is 5.91. The lowest BCUT2D eigenvalue weighted by atomic mass is 10.2. The van der Waals surface area contributed by atoms with Crippen molar-refractivity contribution < 1.29 is 9.59 Å². The van der Waals surface area contributed by atoms with E-state index in [2.05, 4.69) is 10.6 Å². The second-order valence-electron chi connectivity index (χ2n) is 4.96. The van der Waals surface area contributed by atoms with E-state index < -0.39 is 6.03 Å². The fourth-order valence-corrected chi connectivity index (χ4v) is 2.05. The number of benzene rings is 1. The molecule has 5 nitrogen and oxygen atoms in total. The first-order chi connectivity index (χ1) is 10.0. The van der Waals surface area contributed by atoms with Crippen LogP contribution in [0.2, 0.25) is 5.02 Å². The minimum Gasteiger partial charge on any atom is -0.338 e. The summed E-state index contributed by atoms with van der Waals surface area (Å²) in [5.41, 5.74) is 1.02. The summed E-state index contributed by atoms with van der Waals surface area (Å²) in [5, 5.41) is 5.62. The third-order valence-electron chi connectivity index (χ3n) is 2.82. The maximum absolute atomic E-state index is 11.7. The summed E-state index contributed by atoms with van der Waals surface area (Å²) in [5.74, 6) is -0.325. The SMILES string of the molecule is CCCCNC(=O)NC(=O)CN(C)Cc1cccc(Cl)c1. The largest absolute Gasteiger partial charge is 0.338 e. The molecule has 0 aliphatic carbocycles. The number of unbranched alkanes of at least 4 members (excludes halogenated alkanes) is 1. The normalized spacial score (nSPS) is 10.5. The molecule has 3 amide bonds. The molecule has 0 aliphatic rings. The van der Waals surface area contributed by atoms with Crippen LogP contribution in [0.5, 0.6) is 0 Å². The van der Waals surface area contributed by atoms with Gasteiger partial charge in [0, 0.05) is 18.1 Å². The quantitative estimate of drug-likeness (QED) is 0.760. The van der Waals surface area contributed by atoms with Crippen LogP contribution in [0.25, 0.3) is 0 Å². The predicted octanol–water partition coefficient (Wildman–Crippen LogP) is 2.40. The number of carbonyl (C=O) groups is 2. The summed E-state index contributed by atoms with van der Waals surface area (Å²) in [7, 11) is 1.81. The Hall–Kier alpha value is -1.59. The molecule has 2 N–H and O–H groups in total. The smallest absolute Gasteiger partial charge is 0.321 e. The lowest BCUT2D eigenvalue weighted by Crippen LogP contribution is -2.43. The number of halogens is 1. The number of amides is 3. The molecule has 0 radical (unpaired) electrons. The van der Waals surface area contributed by atoms with Crippen molar-refractivity contribution in [3.05, 3.63) is 34.9 Å². The van der Waals surface area contributed by atoms with Gasteiger partial charge >= 0.3 is 6.03 Å². The van der Waals surface area contributed by atoms with E-state index >= 15 is 0 Å². The second-order valence-corrected chi connectivity index (χ2v) is 5.40. The standard InChI is InChI=1S/C15H22ClN3O2/c1-3-4-8-17-15(21)18-14(20)11-19(2)10-12-6-5-7-13(16)9-12/h5-7,9H,3-4,8,10-11H2,1-2H3,(H2,17,18,20,21). The molecule has 0 unspecified atom stereocenters. The van der Waals surface area contributed by atoms with Crippen molar-refractivity contribution >= 4 is 23.5 Å². The van der Waals surface area contributed by atoms with Crippen LogP contribution in [0.4, 0.5) is 4.79 Å². The highest BCUT2D eigenvalue weighted by atomic mass is 35.5. The number of carbonyl (C=O) groups excluding carboxylic acids is 2. The number of hydrogen-bond donors (Lipinski definition) is 2. The molecule has 0 heterocycles. The highest BCUT2D eigenvalue weighted by Crippen LogP contribution is 2.11. The van der Waals surface area contributed by atoms with Gasteiger partial charge in [-0.15, -0.1) is 0 Å². The zero-order valence-corrected chi connectivity index (χ0v) is 13.2. The Labute approximate surface area is 130 Å². The Bertz CT molecular complexity index is 480. The summed E-state index contributed by atoms with van der Waals surface area (Å²) in [6.45, 7) is 3.35. The van der Waals surface area contributed by atoms with E-state index in [9.17, 15) is 9.59 Å². The lowest BCUT2D eigenvalue weighted by molar-refractivity contribution is -0.120. The summed E-state index contributed by atoms with van der Waals surface area (Å²) in [4.78, 5) is 25.0. The molecule has 1 rings (SSSR count). The van der Waals surface area contributed by atoms with Crippen molar-refractivity contribution in [1.82, 2.24) is 15.5 Å². The van der Waals surface area contributed by atoms with Crippen LogP contribution in [0.3, 0.4) is 0 Å². The van der Waals surface area contributed by atoms with Crippen molar-refractivity contribution in [3.63, 3.8) is 0 Å². The van der Waals surface area contributed by atoms with Crippen molar-refractivity contribution in [2.45, 2.75) is 26.3 Å². The van der Waals surface area contributed by atoms with E-state index in [4.69, 9.17) is 11.6 Å². The summed E-state index contributed by atoms with van der Waals surface area (Å²) in [6.07, 6.45) is 1.90. The molecule has 0 saturated carbocycles. The van der Waals surface area contributed by atoms with Crippen LogP contribution < -0.4 is 10.6 Å². The Kier molecular flexibility index (Phi) is 7.79. The van der Waals surface area contributed by atoms with Gasteiger partial charge in [-0.3, -0.25) is 15.0 Å². The molecule has 6 heteroatoms. The monoisotopic (exact) mass is 311 g/mol. The summed E-state index contributed by atoms with van der Waals surface area (Å²) < 4.78 is 0. The molecule has 0 fully saturated rings. The number of urea groups is 1. The molecular weight excluding hydrogens is 290 g/mol. The Morgan fingerprint density at radius 2 is 2.10 bits per heavy atom. The molecule has 0 aromatic heterocycles. The van der Waals surface area contributed by atoms with E-state index in [1.165, 1.54) is 0 Å². The van der Waals surface area contributed by atoms with Gasteiger partial charge in [0.25, 0.3) is 0 Å². The number of nitrogens with one attached hydrogen (secondary N) is 2. The fourth-order valence-electron chi connectivity index (χ4n) is 1.84. The molecule has 0 spiro atoms. The third kappa shape index (κ3) is 7.68. The van der Waals surface area contributed by atoms with E-state index in [0.29, 0.717) is 18.1 Å².